The van der Waals surface area contributed by atoms with Crippen molar-refractivity contribution in [2.75, 3.05) is 24.1 Å². The Balaban J connectivity index is 2.79. The van der Waals surface area contributed by atoms with Crippen LogP contribution in [0.4, 0.5) is 11.4 Å². The molecule has 0 saturated heterocycles. The molecule has 1 aromatic carbocycles. The molecule has 1 aromatic rings. The largest absolute Gasteiger partial charge is 0.388 e. The molecule has 1 rings (SSSR count). The Kier molecular flexibility index (Phi) is 3.32. The third-order valence-electron chi connectivity index (χ3n) is 1.69. The molecule has 5 nitrogen and oxygen atoms in total. The molecule has 0 amide bonds. The molecule has 6 heteroatoms. The summed E-state index contributed by atoms with van der Waals surface area (Å²) in [5.41, 5.74) is 1.45. The summed E-state index contributed by atoms with van der Waals surface area (Å²) in [5, 5.41) is 2.94. The summed E-state index contributed by atoms with van der Waals surface area (Å²) in [6.07, 6.45) is 0. The number of hydrogen-bond donors (Lipinski definition) is 3. The number of hydrogen-bond acceptors (Lipinski definition) is 3. The average molecular weight is 215 g/mol. The molecule has 0 heterocycles. The zero-order chi connectivity index (χ0) is 10.6. The Morgan fingerprint density at radius 2 is 1.50 bits per heavy atom. The van der Waals surface area contributed by atoms with Crippen molar-refractivity contribution in [3.8, 4) is 0 Å². The van der Waals surface area contributed by atoms with Gasteiger partial charge in [0.2, 0.25) is 0 Å². The second-order valence-corrected chi connectivity index (χ2v) is 4.26. The van der Waals surface area contributed by atoms with Crippen molar-refractivity contribution in [1.82, 2.24) is 4.72 Å². The summed E-state index contributed by atoms with van der Waals surface area (Å²) < 4.78 is 26.7. The van der Waals surface area contributed by atoms with Crippen molar-refractivity contribution in [3.05, 3.63) is 24.3 Å². The number of rotatable bonds is 4. The molecule has 0 atom stereocenters. The molecule has 0 unspecified atom stereocenters. The van der Waals surface area contributed by atoms with Gasteiger partial charge in [0.05, 0.1) is 0 Å². The first-order valence-corrected chi connectivity index (χ1v) is 5.55. The highest BCUT2D eigenvalue weighted by atomic mass is 32.2. The van der Waals surface area contributed by atoms with E-state index in [1.165, 1.54) is 7.05 Å². The Labute approximate surface area is 83.7 Å². The van der Waals surface area contributed by atoms with Crippen LogP contribution in [0.3, 0.4) is 0 Å². The van der Waals surface area contributed by atoms with Crippen LogP contribution in [-0.4, -0.2) is 22.5 Å². The second-order valence-electron chi connectivity index (χ2n) is 2.64. The number of nitrogens with one attached hydrogen (secondary N) is 3. The fraction of sp³-hybridized carbons (Fsp3) is 0.250. The third-order valence-corrected chi connectivity index (χ3v) is 2.74. The monoisotopic (exact) mass is 215 g/mol. The van der Waals surface area contributed by atoms with Crippen LogP contribution in [0.15, 0.2) is 24.3 Å². The SMILES string of the molecule is CNc1ccc(NS(=O)(=O)NC)cc1. The van der Waals surface area contributed by atoms with Crippen LogP contribution < -0.4 is 14.8 Å². The first kappa shape index (κ1) is 10.8. The Hall–Kier alpha value is -1.27. The van der Waals surface area contributed by atoms with Gasteiger partial charge in [-0.25, -0.2) is 4.72 Å². The van der Waals surface area contributed by atoms with E-state index < -0.39 is 10.2 Å². The van der Waals surface area contributed by atoms with Crippen LogP contribution in [-0.2, 0) is 10.2 Å². The van der Waals surface area contributed by atoms with Crippen LogP contribution >= 0.6 is 0 Å². The van der Waals surface area contributed by atoms with Crippen molar-refractivity contribution >= 4 is 21.6 Å². The minimum absolute atomic E-state index is 0.526. The van der Waals surface area contributed by atoms with Gasteiger partial charge in [-0.15, -0.1) is 0 Å². The van der Waals surface area contributed by atoms with Gasteiger partial charge < -0.3 is 5.32 Å². The van der Waals surface area contributed by atoms with E-state index in [-0.39, 0.29) is 0 Å². The van der Waals surface area contributed by atoms with E-state index in [0.717, 1.165) is 5.69 Å². The highest BCUT2D eigenvalue weighted by molar-refractivity contribution is 7.90. The lowest BCUT2D eigenvalue weighted by Gasteiger charge is -2.06. The fourth-order valence-corrected chi connectivity index (χ4v) is 1.46. The van der Waals surface area contributed by atoms with Gasteiger partial charge in [-0.1, -0.05) is 0 Å². The highest BCUT2D eigenvalue weighted by Crippen LogP contribution is 2.13. The lowest BCUT2D eigenvalue weighted by molar-refractivity contribution is 0.593. The zero-order valence-corrected chi connectivity index (χ0v) is 8.85. The normalized spacial score (nSPS) is 11.0. The van der Waals surface area contributed by atoms with E-state index in [4.69, 9.17) is 0 Å². The summed E-state index contributed by atoms with van der Waals surface area (Å²) in [4.78, 5) is 0. The minimum Gasteiger partial charge on any atom is -0.388 e. The summed E-state index contributed by atoms with van der Waals surface area (Å²) in [5.74, 6) is 0. The van der Waals surface area contributed by atoms with E-state index in [1.807, 2.05) is 0 Å². The fourth-order valence-electron chi connectivity index (χ4n) is 0.911. The average Bonchev–Trinajstić information content (AvgIpc) is 2.19. The number of anilines is 2. The van der Waals surface area contributed by atoms with Gasteiger partial charge in [0.15, 0.2) is 0 Å². The van der Waals surface area contributed by atoms with Gasteiger partial charge in [-0.3, -0.25) is 4.72 Å². The smallest absolute Gasteiger partial charge is 0.298 e. The molecule has 0 aliphatic heterocycles. The van der Waals surface area contributed by atoms with E-state index in [0.29, 0.717) is 5.69 Å². The van der Waals surface area contributed by atoms with Crippen molar-refractivity contribution in [2.45, 2.75) is 0 Å². The van der Waals surface area contributed by atoms with E-state index in [9.17, 15) is 8.42 Å². The Morgan fingerprint density at radius 3 is 1.93 bits per heavy atom. The molecule has 0 saturated carbocycles. The summed E-state index contributed by atoms with van der Waals surface area (Å²) in [6.45, 7) is 0. The van der Waals surface area contributed by atoms with Gasteiger partial charge >= 0.3 is 0 Å². The lowest BCUT2D eigenvalue weighted by Crippen LogP contribution is -2.26. The van der Waals surface area contributed by atoms with Gasteiger partial charge in [-0.05, 0) is 24.3 Å². The summed E-state index contributed by atoms with van der Waals surface area (Å²) >= 11 is 0. The second kappa shape index (κ2) is 4.30. The molecule has 0 bridgehead atoms. The van der Waals surface area contributed by atoms with Gasteiger partial charge in [-0.2, -0.15) is 8.42 Å². The van der Waals surface area contributed by atoms with E-state index in [1.54, 1.807) is 31.3 Å². The molecular weight excluding hydrogens is 202 g/mol. The van der Waals surface area contributed by atoms with Crippen LogP contribution in [0.1, 0.15) is 0 Å². The third kappa shape index (κ3) is 2.90. The molecule has 0 fully saturated rings. The predicted molar refractivity (Wildman–Crippen MR) is 57.6 cm³/mol. The van der Waals surface area contributed by atoms with Crippen molar-refractivity contribution < 1.29 is 8.42 Å². The summed E-state index contributed by atoms with van der Waals surface area (Å²) in [6, 6.07) is 6.93. The zero-order valence-electron chi connectivity index (χ0n) is 8.03. The topological polar surface area (TPSA) is 70.2 Å². The standard InChI is InChI=1S/C8H13N3O2S/c1-9-7-3-5-8(6-4-7)11-14(12,13)10-2/h3-6,9-11H,1-2H3. The van der Waals surface area contributed by atoms with Gasteiger partial charge in [0.1, 0.15) is 0 Å². The van der Waals surface area contributed by atoms with E-state index in [2.05, 4.69) is 14.8 Å². The molecule has 0 radical (unpaired) electrons. The molecule has 0 aromatic heterocycles. The maximum atomic E-state index is 11.1. The first-order valence-electron chi connectivity index (χ1n) is 4.06. The highest BCUT2D eigenvalue weighted by Gasteiger charge is 2.04. The van der Waals surface area contributed by atoms with Crippen LogP contribution in [0.2, 0.25) is 0 Å². The van der Waals surface area contributed by atoms with Crippen LogP contribution in [0.5, 0.6) is 0 Å². The quantitative estimate of drug-likeness (QED) is 0.689. The predicted octanol–water partition coefficient (Wildman–Crippen LogP) is 0.604. The molecular formula is C8H13N3O2S. The van der Waals surface area contributed by atoms with Crippen molar-refractivity contribution in [1.29, 1.82) is 0 Å². The number of benzene rings is 1. The van der Waals surface area contributed by atoms with Crippen molar-refractivity contribution in [3.63, 3.8) is 0 Å². The maximum absolute atomic E-state index is 11.1. The van der Waals surface area contributed by atoms with Gasteiger partial charge in [0, 0.05) is 25.5 Å². The molecule has 0 aliphatic carbocycles. The Bertz CT molecular complexity index is 386. The lowest BCUT2D eigenvalue weighted by atomic mass is 10.3. The van der Waals surface area contributed by atoms with E-state index >= 15 is 0 Å². The Morgan fingerprint density at radius 1 is 1.00 bits per heavy atom. The van der Waals surface area contributed by atoms with Crippen LogP contribution in [0.25, 0.3) is 0 Å². The molecule has 0 spiro atoms. The minimum atomic E-state index is -3.41. The maximum Gasteiger partial charge on any atom is 0.298 e. The first-order chi connectivity index (χ1) is 6.57. The van der Waals surface area contributed by atoms with Crippen molar-refractivity contribution in [2.24, 2.45) is 0 Å². The van der Waals surface area contributed by atoms with Crippen LogP contribution in [0, 0.1) is 0 Å². The molecule has 78 valence electrons. The summed E-state index contributed by atoms with van der Waals surface area (Å²) in [7, 11) is -0.263. The molecule has 14 heavy (non-hydrogen) atoms. The van der Waals surface area contributed by atoms with Gasteiger partial charge in [0.25, 0.3) is 10.2 Å². The molecule has 3 N–H and O–H groups in total. The molecule has 0 aliphatic rings.